The number of halogens is 1. The van der Waals surface area contributed by atoms with Crippen LogP contribution in [-0.2, 0) is 10.2 Å². The molecule has 0 bridgehead atoms. The molecule has 0 radical (unpaired) electrons. The Morgan fingerprint density at radius 2 is 2.07 bits per heavy atom. The van der Waals surface area contributed by atoms with E-state index in [1.54, 1.807) is 24.3 Å². The summed E-state index contributed by atoms with van der Waals surface area (Å²) in [6.45, 7) is 0. The minimum atomic E-state index is -0.999. The van der Waals surface area contributed by atoms with E-state index in [9.17, 15) is 14.3 Å². The van der Waals surface area contributed by atoms with Gasteiger partial charge < -0.3 is 5.11 Å². The molecule has 1 aromatic rings. The summed E-state index contributed by atoms with van der Waals surface area (Å²) in [4.78, 5) is 11.3. The highest BCUT2D eigenvalue weighted by molar-refractivity contribution is 5.82. The summed E-state index contributed by atoms with van der Waals surface area (Å²) >= 11 is 0. The number of aliphatic carboxylic acids is 1. The Kier molecular flexibility index (Phi) is 2.47. The third-order valence-electron chi connectivity index (χ3n) is 3.19. The summed E-state index contributed by atoms with van der Waals surface area (Å²) in [5.74, 6) is -0.908. The van der Waals surface area contributed by atoms with E-state index in [-0.39, 0.29) is 6.42 Å². The fraction of sp³-hybridized carbons (Fsp3) is 0.417. The van der Waals surface area contributed by atoms with Crippen LogP contribution in [0.5, 0.6) is 0 Å². The lowest BCUT2D eigenvalue weighted by Gasteiger charge is -2.24. The highest BCUT2D eigenvalue weighted by Crippen LogP contribution is 2.42. The Morgan fingerprint density at radius 1 is 1.40 bits per heavy atom. The van der Waals surface area contributed by atoms with Gasteiger partial charge in [-0.1, -0.05) is 30.3 Å². The first-order valence-electron chi connectivity index (χ1n) is 5.08. The predicted molar refractivity (Wildman–Crippen MR) is 54.5 cm³/mol. The lowest BCUT2D eigenvalue weighted by atomic mass is 9.79. The van der Waals surface area contributed by atoms with Crippen LogP contribution < -0.4 is 0 Å². The second-order valence-corrected chi connectivity index (χ2v) is 4.09. The molecule has 1 saturated carbocycles. The Morgan fingerprint density at radius 3 is 2.53 bits per heavy atom. The molecular weight excluding hydrogens is 195 g/mol. The van der Waals surface area contributed by atoms with Crippen molar-refractivity contribution in [2.24, 2.45) is 0 Å². The van der Waals surface area contributed by atoms with Gasteiger partial charge in [-0.15, -0.1) is 0 Å². The average molecular weight is 208 g/mol. The zero-order chi connectivity index (χ0) is 10.9. The van der Waals surface area contributed by atoms with E-state index >= 15 is 0 Å². The molecule has 2 rings (SSSR count). The summed E-state index contributed by atoms with van der Waals surface area (Å²) in [7, 11) is 0. The number of benzene rings is 1. The van der Waals surface area contributed by atoms with Crippen LogP contribution >= 0.6 is 0 Å². The van der Waals surface area contributed by atoms with Crippen molar-refractivity contribution in [3.63, 3.8) is 0 Å². The van der Waals surface area contributed by atoms with Crippen molar-refractivity contribution in [1.29, 1.82) is 0 Å². The quantitative estimate of drug-likeness (QED) is 0.810. The SMILES string of the molecule is O=C(O)C1(c2ccccc2)CCC(F)C1. The number of carboxylic acid groups (broad SMARTS) is 1. The molecule has 0 saturated heterocycles. The summed E-state index contributed by atoms with van der Waals surface area (Å²) in [6.07, 6.45) is -0.137. The molecule has 15 heavy (non-hydrogen) atoms. The molecule has 1 aliphatic rings. The minimum Gasteiger partial charge on any atom is -0.481 e. The molecule has 1 aliphatic carbocycles. The highest BCUT2D eigenvalue weighted by atomic mass is 19.1. The molecule has 1 fully saturated rings. The van der Waals surface area contributed by atoms with Gasteiger partial charge in [0.05, 0.1) is 5.41 Å². The molecule has 80 valence electrons. The van der Waals surface area contributed by atoms with Crippen molar-refractivity contribution < 1.29 is 14.3 Å². The van der Waals surface area contributed by atoms with Crippen LogP contribution in [0.1, 0.15) is 24.8 Å². The number of hydrogen-bond acceptors (Lipinski definition) is 1. The zero-order valence-corrected chi connectivity index (χ0v) is 8.32. The van der Waals surface area contributed by atoms with Gasteiger partial charge in [-0.2, -0.15) is 0 Å². The topological polar surface area (TPSA) is 37.3 Å². The standard InChI is InChI=1S/C12H13FO2/c13-10-6-7-12(8-10,11(14)15)9-4-2-1-3-5-9/h1-5,10H,6-8H2,(H,14,15). The number of carboxylic acids is 1. The van der Waals surface area contributed by atoms with Crippen LogP contribution in [0, 0.1) is 0 Å². The van der Waals surface area contributed by atoms with Crippen molar-refractivity contribution in [2.45, 2.75) is 30.8 Å². The third-order valence-corrected chi connectivity index (χ3v) is 3.19. The molecule has 0 aromatic heterocycles. The molecule has 0 heterocycles. The first-order chi connectivity index (χ1) is 7.15. The van der Waals surface area contributed by atoms with Gasteiger partial charge >= 0.3 is 5.97 Å². The Hall–Kier alpha value is -1.38. The molecule has 0 amide bonds. The Labute approximate surface area is 87.7 Å². The molecule has 2 unspecified atom stereocenters. The predicted octanol–water partition coefficient (Wildman–Crippen LogP) is 2.53. The molecular formula is C12H13FO2. The minimum absolute atomic E-state index is 0.104. The molecule has 1 N–H and O–H groups in total. The summed E-state index contributed by atoms with van der Waals surface area (Å²) in [5.41, 5.74) is -0.279. The van der Waals surface area contributed by atoms with Crippen molar-refractivity contribution in [2.75, 3.05) is 0 Å². The van der Waals surface area contributed by atoms with Crippen LogP contribution in [0.3, 0.4) is 0 Å². The Bertz CT molecular complexity index is 363. The summed E-state index contributed by atoms with van der Waals surface area (Å²) < 4.78 is 13.2. The van der Waals surface area contributed by atoms with Gasteiger partial charge in [0.15, 0.2) is 0 Å². The fourth-order valence-corrected chi connectivity index (χ4v) is 2.32. The monoisotopic (exact) mass is 208 g/mol. The van der Waals surface area contributed by atoms with Crippen molar-refractivity contribution in [3.8, 4) is 0 Å². The number of alkyl halides is 1. The van der Waals surface area contributed by atoms with Crippen LogP contribution in [0.2, 0.25) is 0 Å². The lowest BCUT2D eigenvalue weighted by molar-refractivity contribution is -0.143. The molecule has 0 aliphatic heterocycles. The number of carbonyl (C=O) groups is 1. The summed E-state index contributed by atoms with van der Waals surface area (Å²) in [6, 6.07) is 8.97. The first-order valence-corrected chi connectivity index (χ1v) is 5.08. The maximum Gasteiger partial charge on any atom is 0.314 e. The van der Waals surface area contributed by atoms with E-state index in [2.05, 4.69) is 0 Å². The van der Waals surface area contributed by atoms with E-state index < -0.39 is 17.6 Å². The first kappa shape index (κ1) is 10.1. The van der Waals surface area contributed by atoms with E-state index in [1.165, 1.54) is 0 Å². The summed E-state index contributed by atoms with van der Waals surface area (Å²) in [5, 5.41) is 9.27. The van der Waals surface area contributed by atoms with Gasteiger partial charge in [0, 0.05) is 0 Å². The molecule has 0 spiro atoms. The highest BCUT2D eigenvalue weighted by Gasteiger charge is 2.47. The second-order valence-electron chi connectivity index (χ2n) is 4.09. The van der Waals surface area contributed by atoms with E-state index in [4.69, 9.17) is 0 Å². The van der Waals surface area contributed by atoms with Crippen molar-refractivity contribution in [1.82, 2.24) is 0 Å². The average Bonchev–Trinajstić information content (AvgIpc) is 2.63. The molecule has 2 nitrogen and oxygen atoms in total. The lowest BCUT2D eigenvalue weighted by Crippen LogP contribution is -2.33. The van der Waals surface area contributed by atoms with Crippen LogP contribution in [0.4, 0.5) is 4.39 Å². The van der Waals surface area contributed by atoms with Crippen LogP contribution in [-0.4, -0.2) is 17.2 Å². The van der Waals surface area contributed by atoms with Crippen molar-refractivity contribution >= 4 is 5.97 Å². The third kappa shape index (κ3) is 1.62. The maximum atomic E-state index is 13.2. The number of rotatable bonds is 2. The van der Waals surface area contributed by atoms with Crippen LogP contribution in [0.15, 0.2) is 30.3 Å². The van der Waals surface area contributed by atoms with Gasteiger partial charge in [-0.25, -0.2) is 4.39 Å². The largest absolute Gasteiger partial charge is 0.481 e. The van der Waals surface area contributed by atoms with Gasteiger partial charge in [0.25, 0.3) is 0 Å². The zero-order valence-electron chi connectivity index (χ0n) is 8.32. The molecule has 2 atom stereocenters. The van der Waals surface area contributed by atoms with Gasteiger partial charge in [-0.3, -0.25) is 4.79 Å². The van der Waals surface area contributed by atoms with E-state index in [0.717, 1.165) is 5.56 Å². The van der Waals surface area contributed by atoms with Gasteiger partial charge in [0.2, 0.25) is 0 Å². The van der Waals surface area contributed by atoms with Crippen molar-refractivity contribution in [3.05, 3.63) is 35.9 Å². The van der Waals surface area contributed by atoms with Gasteiger partial charge in [0.1, 0.15) is 6.17 Å². The van der Waals surface area contributed by atoms with E-state index in [0.29, 0.717) is 12.8 Å². The molecule has 1 aromatic carbocycles. The van der Waals surface area contributed by atoms with E-state index in [1.807, 2.05) is 6.07 Å². The van der Waals surface area contributed by atoms with Crippen LogP contribution in [0.25, 0.3) is 0 Å². The normalized spacial score (nSPS) is 30.3. The molecule has 3 heteroatoms. The maximum absolute atomic E-state index is 13.2. The van der Waals surface area contributed by atoms with Gasteiger partial charge in [-0.05, 0) is 24.8 Å². The smallest absolute Gasteiger partial charge is 0.314 e. The number of hydrogen-bond donors (Lipinski definition) is 1. The second kappa shape index (κ2) is 3.65. The fourth-order valence-electron chi connectivity index (χ4n) is 2.32. The Balaban J connectivity index is 2.41.